The highest BCUT2D eigenvalue weighted by Crippen LogP contribution is 2.15. The molecule has 19 heteroatoms. The number of unbranched alkanes of at least 4 members (excludes halogenated alkanes) is 1. The number of carboxylic acids is 3. The molecule has 2 heterocycles. The highest BCUT2D eigenvalue weighted by atomic mass is 16.6. The van der Waals surface area contributed by atoms with Crippen molar-refractivity contribution in [3.8, 4) is 0 Å². The minimum atomic E-state index is -1.16. The first-order chi connectivity index (χ1) is 23.8. The number of nitrogens with zero attached hydrogens (tertiary/aromatic N) is 6. The normalized spacial score (nSPS) is 17.8. The predicted octanol–water partition coefficient (Wildman–Crippen LogP) is -1.95. The third-order valence-corrected chi connectivity index (χ3v) is 7.98. The lowest BCUT2D eigenvalue weighted by molar-refractivity contribution is -0.164. The second kappa shape index (κ2) is 20.1. The molecule has 0 spiro atoms. The van der Waals surface area contributed by atoms with Crippen LogP contribution in [0.3, 0.4) is 0 Å². The van der Waals surface area contributed by atoms with E-state index in [1.807, 2.05) is 0 Å². The number of carbonyl (C=O) groups excluding carboxylic acids is 5. The number of hydrogen-bond acceptors (Lipinski definition) is 14. The summed E-state index contributed by atoms with van der Waals surface area (Å²) in [6, 6.07) is -1.16. The fourth-order valence-electron chi connectivity index (χ4n) is 5.23. The number of amides is 3. The van der Waals surface area contributed by atoms with Crippen LogP contribution in [0.1, 0.15) is 40.0 Å². The Hall–Kier alpha value is -4.88. The Kier molecular flexibility index (Phi) is 16.7. The lowest BCUT2D eigenvalue weighted by Crippen LogP contribution is -2.52. The zero-order valence-corrected chi connectivity index (χ0v) is 29.3. The summed E-state index contributed by atoms with van der Waals surface area (Å²) in [5, 5.41) is 28.2. The Morgan fingerprint density at radius 1 is 0.765 bits per heavy atom. The van der Waals surface area contributed by atoms with Crippen molar-refractivity contribution in [2.24, 2.45) is 5.73 Å². The zero-order valence-electron chi connectivity index (χ0n) is 29.3. The number of aliphatic carboxylic acids is 3. The molecule has 0 bridgehead atoms. The minimum absolute atomic E-state index is 0.113. The fraction of sp³-hybridized carbons (Fsp3) is 0.625. The van der Waals surface area contributed by atoms with Gasteiger partial charge in [-0.1, -0.05) is 0 Å². The van der Waals surface area contributed by atoms with E-state index in [2.05, 4.69) is 0 Å². The van der Waals surface area contributed by atoms with Gasteiger partial charge in [-0.05, 0) is 40.0 Å². The van der Waals surface area contributed by atoms with Gasteiger partial charge < -0.3 is 40.5 Å². The number of rotatable bonds is 16. The molecule has 0 aromatic carbocycles. The molecule has 2 aliphatic rings. The molecule has 0 saturated carbocycles. The average Bonchev–Trinajstić information content (AvgIpc) is 3.33. The van der Waals surface area contributed by atoms with Gasteiger partial charge in [0.05, 0.1) is 19.6 Å². The van der Waals surface area contributed by atoms with E-state index in [4.69, 9.17) is 10.5 Å². The second-order valence-corrected chi connectivity index (χ2v) is 13.2. The Labute approximate surface area is 295 Å². The van der Waals surface area contributed by atoms with Crippen LogP contribution < -0.4 is 5.73 Å². The number of carbonyl (C=O) groups is 8. The first kappa shape index (κ1) is 42.3. The summed E-state index contributed by atoms with van der Waals surface area (Å²) in [6.45, 7) is 4.15. The molecule has 0 aliphatic carbocycles. The van der Waals surface area contributed by atoms with Crippen molar-refractivity contribution in [1.29, 1.82) is 0 Å². The molecule has 0 aromatic rings. The maximum Gasteiger partial charge on any atom is 0.333 e. The minimum Gasteiger partial charge on any atom is -0.480 e. The van der Waals surface area contributed by atoms with Crippen molar-refractivity contribution in [2.45, 2.75) is 51.6 Å². The number of ether oxygens (including phenoxy) is 1. The second-order valence-electron chi connectivity index (χ2n) is 13.2. The van der Waals surface area contributed by atoms with E-state index < -0.39 is 72.2 Å². The van der Waals surface area contributed by atoms with E-state index in [0.717, 1.165) is 4.90 Å². The maximum absolute atomic E-state index is 13.7. The Balaban J connectivity index is 2.10. The van der Waals surface area contributed by atoms with Crippen LogP contribution >= 0.6 is 0 Å². The van der Waals surface area contributed by atoms with Crippen LogP contribution in [0.5, 0.6) is 0 Å². The maximum atomic E-state index is 13.7. The van der Waals surface area contributed by atoms with Gasteiger partial charge in [0.25, 0.3) is 11.8 Å². The molecule has 19 nitrogen and oxygen atoms in total. The van der Waals surface area contributed by atoms with Crippen molar-refractivity contribution < 1.29 is 58.4 Å². The molecular formula is C32H49N7O12. The van der Waals surface area contributed by atoms with Crippen molar-refractivity contribution >= 4 is 47.6 Å². The summed E-state index contributed by atoms with van der Waals surface area (Å²) < 4.78 is 4.95. The first-order valence-electron chi connectivity index (χ1n) is 16.5. The van der Waals surface area contributed by atoms with Crippen molar-refractivity contribution in [3.63, 3.8) is 0 Å². The topological polar surface area (TPSA) is 252 Å². The Morgan fingerprint density at radius 2 is 1.24 bits per heavy atom. The lowest BCUT2D eigenvalue weighted by Gasteiger charge is -2.37. The van der Waals surface area contributed by atoms with E-state index in [-0.39, 0.29) is 71.9 Å². The molecule has 0 aromatic heterocycles. The van der Waals surface area contributed by atoms with Crippen molar-refractivity contribution in [3.05, 3.63) is 24.6 Å². The molecule has 284 valence electrons. The third kappa shape index (κ3) is 15.7. The van der Waals surface area contributed by atoms with Gasteiger partial charge in [-0.3, -0.25) is 43.5 Å². The lowest BCUT2D eigenvalue weighted by atomic mass is 10.1. The predicted molar refractivity (Wildman–Crippen MR) is 178 cm³/mol. The molecule has 2 aliphatic heterocycles. The van der Waals surface area contributed by atoms with Gasteiger partial charge in [0.1, 0.15) is 19.1 Å². The van der Waals surface area contributed by atoms with Gasteiger partial charge >= 0.3 is 29.8 Å². The summed E-state index contributed by atoms with van der Waals surface area (Å²) in [7, 11) is 0. The average molecular weight is 724 g/mol. The molecule has 0 unspecified atom stereocenters. The van der Waals surface area contributed by atoms with Gasteiger partial charge in [0.15, 0.2) is 0 Å². The van der Waals surface area contributed by atoms with Gasteiger partial charge in [-0.15, -0.1) is 0 Å². The highest BCUT2D eigenvalue weighted by molar-refractivity contribution is 6.12. The smallest absolute Gasteiger partial charge is 0.333 e. The third-order valence-electron chi connectivity index (χ3n) is 7.98. The molecule has 5 N–H and O–H groups in total. The molecular weight excluding hydrogens is 674 g/mol. The summed E-state index contributed by atoms with van der Waals surface area (Å²) >= 11 is 0. The Morgan fingerprint density at radius 3 is 1.71 bits per heavy atom. The molecule has 0 fully saturated rings. The van der Waals surface area contributed by atoms with Crippen LogP contribution in [-0.2, 0) is 43.1 Å². The summed E-state index contributed by atoms with van der Waals surface area (Å²) in [5.41, 5.74) is 4.99. The molecule has 0 radical (unpaired) electrons. The largest absolute Gasteiger partial charge is 0.480 e. The van der Waals surface area contributed by atoms with Gasteiger partial charge in [-0.2, -0.15) is 0 Å². The van der Waals surface area contributed by atoms with Crippen LogP contribution in [-0.4, -0.2) is 182 Å². The highest BCUT2D eigenvalue weighted by Gasteiger charge is 2.31. The summed E-state index contributed by atoms with van der Waals surface area (Å²) in [5.74, 6) is -6.72. The number of nitrogens with two attached hydrogens (primary N) is 1. The van der Waals surface area contributed by atoms with E-state index in [1.54, 1.807) is 35.5 Å². The first-order valence-corrected chi connectivity index (χ1v) is 16.5. The standard InChI is InChI=1S/C32H49N7O12/c1-32(2,3)39(22-30(49)51-31(50)23(33)6-4-5-9-38-24(40)7-8-25(38)41)26(42)18-34-10-12-35(19-27(43)44)14-16-37(21-29(47)48)17-15-36(13-11-34)20-28(45)46/h7-8,10,12,23H,4-6,9,11,13-22,33H2,1-3H3,(H,43,44)(H,45,46)(H,47,48)/b12-10-/t23-/m0/s1. The summed E-state index contributed by atoms with van der Waals surface area (Å²) in [4.78, 5) is 105. The van der Waals surface area contributed by atoms with Gasteiger partial charge in [-0.25, -0.2) is 9.59 Å². The van der Waals surface area contributed by atoms with Crippen molar-refractivity contribution in [2.75, 3.05) is 78.5 Å². The molecule has 0 saturated heterocycles. The van der Waals surface area contributed by atoms with Crippen LogP contribution in [0.4, 0.5) is 0 Å². The van der Waals surface area contributed by atoms with Crippen molar-refractivity contribution in [1.82, 2.24) is 29.4 Å². The molecule has 1 atom stereocenters. The van der Waals surface area contributed by atoms with E-state index >= 15 is 0 Å². The Bertz CT molecular complexity index is 1340. The van der Waals surface area contributed by atoms with Gasteiger partial charge in [0, 0.05) is 75.9 Å². The summed E-state index contributed by atoms with van der Waals surface area (Å²) in [6.07, 6.45) is 6.15. The molecule has 3 amide bonds. The van der Waals surface area contributed by atoms with E-state index in [1.165, 1.54) is 34.4 Å². The van der Waals surface area contributed by atoms with Crippen LogP contribution in [0, 0.1) is 0 Å². The van der Waals surface area contributed by atoms with E-state index in [0.29, 0.717) is 12.8 Å². The SMILES string of the molecule is CC(C)(C)N(CC(=O)OC(=O)[C@@H](N)CCCCN1C(=O)C=CC1=O)C(=O)CN1/C=C\N(CC(=O)O)CCN(CC(=O)O)CCN(CC(=O)O)CC1. The molecule has 2 rings (SSSR count). The quantitative estimate of drug-likeness (QED) is 0.0584. The monoisotopic (exact) mass is 723 g/mol. The number of esters is 2. The number of carboxylic acid groups (broad SMARTS) is 3. The fourth-order valence-corrected chi connectivity index (χ4v) is 5.23. The van der Waals surface area contributed by atoms with Crippen LogP contribution in [0.2, 0.25) is 0 Å². The van der Waals surface area contributed by atoms with Crippen LogP contribution in [0.15, 0.2) is 24.6 Å². The number of hydrogen-bond donors (Lipinski definition) is 4. The van der Waals surface area contributed by atoms with Gasteiger partial charge in [0.2, 0.25) is 5.91 Å². The zero-order chi connectivity index (χ0) is 38.3. The van der Waals surface area contributed by atoms with E-state index in [9.17, 15) is 53.7 Å². The van der Waals surface area contributed by atoms with Crippen LogP contribution in [0.25, 0.3) is 0 Å². The molecule has 51 heavy (non-hydrogen) atoms. The number of imide groups is 1.